The average molecular weight is 265 g/mol. The summed E-state index contributed by atoms with van der Waals surface area (Å²) in [4.78, 5) is 16.3. The molecule has 2 heteroatoms. The Morgan fingerprint density at radius 1 is 1.10 bits per heavy atom. The summed E-state index contributed by atoms with van der Waals surface area (Å²) in [6.07, 6.45) is 7.28. The minimum atomic E-state index is 0.300. The number of hydrogen-bond donors (Lipinski definition) is 0. The van der Waals surface area contributed by atoms with Crippen LogP contribution in [-0.2, 0) is 30.5 Å². The lowest BCUT2D eigenvalue weighted by Gasteiger charge is -2.05. The highest BCUT2D eigenvalue weighted by atomic mass is 16.1. The van der Waals surface area contributed by atoms with E-state index in [1.807, 2.05) is 18.2 Å². The van der Waals surface area contributed by atoms with Crippen molar-refractivity contribution < 1.29 is 4.79 Å². The number of fused-ring (bicyclic) bond motifs is 1. The van der Waals surface area contributed by atoms with Gasteiger partial charge in [-0.05, 0) is 54.5 Å². The number of carbonyl (C=O) groups excluding carboxylic acids is 1. The average Bonchev–Trinajstić information content (AvgIpc) is 2.94. The maximum Gasteiger partial charge on any atom is 0.137 e. The Morgan fingerprint density at radius 3 is 2.85 bits per heavy atom. The van der Waals surface area contributed by atoms with E-state index in [1.54, 1.807) is 6.20 Å². The number of benzene rings is 1. The van der Waals surface area contributed by atoms with Gasteiger partial charge in [-0.2, -0.15) is 0 Å². The summed E-state index contributed by atoms with van der Waals surface area (Å²) in [5.41, 5.74) is 5.07. The van der Waals surface area contributed by atoms with Crippen LogP contribution in [0.5, 0.6) is 0 Å². The largest absolute Gasteiger partial charge is 0.299 e. The van der Waals surface area contributed by atoms with E-state index in [9.17, 15) is 4.79 Å². The fourth-order valence-electron chi connectivity index (χ4n) is 2.86. The van der Waals surface area contributed by atoms with E-state index < -0.39 is 0 Å². The van der Waals surface area contributed by atoms with E-state index in [2.05, 4.69) is 23.2 Å². The Labute approximate surface area is 119 Å². The van der Waals surface area contributed by atoms with Crippen LogP contribution in [0.1, 0.15) is 35.2 Å². The smallest absolute Gasteiger partial charge is 0.137 e. The molecule has 0 saturated carbocycles. The van der Waals surface area contributed by atoms with Crippen molar-refractivity contribution in [3.8, 4) is 0 Å². The highest BCUT2D eigenvalue weighted by molar-refractivity contribution is 5.81. The zero-order valence-electron chi connectivity index (χ0n) is 11.6. The highest BCUT2D eigenvalue weighted by Crippen LogP contribution is 2.23. The first-order chi connectivity index (χ1) is 9.81. The van der Waals surface area contributed by atoms with Crippen molar-refractivity contribution in [1.82, 2.24) is 4.98 Å². The molecule has 1 aromatic heterocycles. The molecule has 0 fully saturated rings. The minimum absolute atomic E-state index is 0.300. The maximum absolute atomic E-state index is 12.1. The predicted molar refractivity (Wildman–Crippen MR) is 79.7 cm³/mol. The summed E-state index contributed by atoms with van der Waals surface area (Å²) in [5.74, 6) is 0.300. The summed E-state index contributed by atoms with van der Waals surface area (Å²) in [6.45, 7) is 0. The van der Waals surface area contributed by atoms with Crippen LogP contribution in [0, 0.1) is 0 Å². The van der Waals surface area contributed by atoms with Crippen molar-refractivity contribution in [2.45, 2.75) is 38.5 Å². The molecule has 0 aliphatic heterocycles. The molecular weight excluding hydrogens is 246 g/mol. The molecule has 0 amide bonds. The molecule has 1 heterocycles. The van der Waals surface area contributed by atoms with Crippen molar-refractivity contribution >= 4 is 5.78 Å². The van der Waals surface area contributed by atoms with Gasteiger partial charge < -0.3 is 0 Å². The highest BCUT2D eigenvalue weighted by Gasteiger charge is 2.12. The van der Waals surface area contributed by atoms with Gasteiger partial charge in [0.25, 0.3) is 0 Å². The first-order valence-electron chi connectivity index (χ1n) is 7.33. The van der Waals surface area contributed by atoms with Gasteiger partial charge in [-0.15, -0.1) is 0 Å². The van der Waals surface area contributed by atoms with Crippen molar-refractivity contribution in [3.05, 3.63) is 65.0 Å². The lowest BCUT2D eigenvalue weighted by molar-refractivity contribution is -0.118. The summed E-state index contributed by atoms with van der Waals surface area (Å²) in [6, 6.07) is 12.4. The Kier molecular flexibility index (Phi) is 3.91. The summed E-state index contributed by atoms with van der Waals surface area (Å²) >= 11 is 0. The second-order valence-electron chi connectivity index (χ2n) is 5.49. The van der Waals surface area contributed by atoms with Crippen LogP contribution in [0.15, 0.2) is 42.6 Å². The fraction of sp³-hybridized carbons (Fsp3) is 0.333. The molecule has 0 atom stereocenters. The van der Waals surface area contributed by atoms with Gasteiger partial charge in [-0.1, -0.05) is 24.3 Å². The van der Waals surface area contributed by atoms with E-state index in [0.717, 1.165) is 17.7 Å². The van der Waals surface area contributed by atoms with Gasteiger partial charge in [-0.3, -0.25) is 9.78 Å². The molecule has 3 rings (SSSR count). The number of nitrogens with zero attached hydrogens (tertiary/aromatic N) is 1. The van der Waals surface area contributed by atoms with Gasteiger partial charge in [0.2, 0.25) is 0 Å². The lowest BCUT2D eigenvalue weighted by atomic mass is 10.0. The Balaban J connectivity index is 1.56. The van der Waals surface area contributed by atoms with Crippen LogP contribution in [0.25, 0.3) is 0 Å². The number of aryl methyl sites for hydroxylation is 3. The third-order valence-corrected chi connectivity index (χ3v) is 3.95. The van der Waals surface area contributed by atoms with E-state index in [4.69, 9.17) is 0 Å². The molecule has 1 aliphatic carbocycles. The van der Waals surface area contributed by atoms with Crippen molar-refractivity contribution in [3.63, 3.8) is 0 Å². The van der Waals surface area contributed by atoms with Crippen LogP contribution in [0.3, 0.4) is 0 Å². The Bertz CT molecular complexity index is 604. The molecule has 102 valence electrons. The number of carbonyl (C=O) groups is 1. The SMILES string of the molecule is O=C(CCc1ccccn1)Cc1ccc2c(c1)CCC2. The number of Topliss-reactive ketones (excluding diaryl/α,β-unsaturated/α-hetero) is 1. The molecule has 0 radical (unpaired) electrons. The molecule has 0 spiro atoms. The molecule has 2 nitrogen and oxygen atoms in total. The molecule has 1 aliphatic rings. The van der Waals surface area contributed by atoms with E-state index in [-0.39, 0.29) is 0 Å². The molecule has 2 aromatic rings. The maximum atomic E-state index is 12.1. The van der Waals surface area contributed by atoms with Gasteiger partial charge >= 0.3 is 0 Å². The molecule has 20 heavy (non-hydrogen) atoms. The number of aromatic nitrogens is 1. The lowest BCUT2D eigenvalue weighted by Crippen LogP contribution is -2.05. The predicted octanol–water partition coefficient (Wildman–Crippen LogP) is 3.31. The molecule has 0 saturated heterocycles. The first kappa shape index (κ1) is 13.0. The number of rotatable bonds is 5. The van der Waals surface area contributed by atoms with Crippen LogP contribution >= 0.6 is 0 Å². The second kappa shape index (κ2) is 6.00. The van der Waals surface area contributed by atoms with E-state index in [0.29, 0.717) is 18.6 Å². The summed E-state index contributed by atoms with van der Waals surface area (Å²) < 4.78 is 0. The second-order valence-corrected chi connectivity index (χ2v) is 5.49. The van der Waals surface area contributed by atoms with Crippen molar-refractivity contribution in [2.75, 3.05) is 0 Å². The van der Waals surface area contributed by atoms with Crippen molar-refractivity contribution in [1.29, 1.82) is 0 Å². The number of hydrogen-bond acceptors (Lipinski definition) is 2. The molecule has 0 bridgehead atoms. The summed E-state index contributed by atoms with van der Waals surface area (Å²) in [5, 5.41) is 0. The number of pyridine rings is 1. The Morgan fingerprint density at radius 2 is 2.00 bits per heavy atom. The third-order valence-electron chi connectivity index (χ3n) is 3.95. The van der Waals surface area contributed by atoms with E-state index in [1.165, 1.54) is 30.4 Å². The molecule has 0 N–H and O–H groups in total. The number of ketones is 1. The van der Waals surface area contributed by atoms with Gasteiger partial charge in [0.15, 0.2) is 0 Å². The quantitative estimate of drug-likeness (QED) is 0.830. The standard InChI is InChI=1S/C18H19NO/c20-18(10-9-17-6-1-2-11-19-17)13-14-7-8-15-4-3-5-16(15)12-14/h1-2,6-8,11-12H,3-5,9-10,13H2. The fourth-order valence-corrected chi connectivity index (χ4v) is 2.86. The topological polar surface area (TPSA) is 30.0 Å². The molecular formula is C18H19NO. The summed E-state index contributed by atoms with van der Waals surface area (Å²) in [7, 11) is 0. The van der Waals surface area contributed by atoms with Crippen LogP contribution in [0.4, 0.5) is 0 Å². The molecule has 0 unspecified atom stereocenters. The minimum Gasteiger partial charge on any atom is -0.299 e. The van der Waals surface area contributed by atoms with Crippen molar-refractivity contribution in [2.24, 2.45) is 0 Å². The van der Waals surface area contributed by atoms with Gasteiger partial charge in [0, 0.05) is 24.7 Å². The third kappa shape index (κ3) is 3.13. The van der Waals surface area contributed by atoms with Gasteiger partial charge in [0.1, 0.15) is 5.78 Å². The molecule has 1 aromatic carbocycles. The normalized spacial score (nSPS) is 13.2. The monoisotopic (exact) mass is 265 g/mol. The van der Waals surface area contributed by atoms with E-state index >= 15 is 0 Å². The Hall–Kier alpha value is -1.96. The zero-order valence-corrected chi connectivity index (χ0v) is 11.6. The van der Waals surface area contributed by atoms with Gasteiger partial charge in [-0.25, -0.2) is 0 Å². The van der Waals surface area contributed by atoms with Crippen LogP contribution in [0.2, 0.25) is 0 Å². The van der Waals surface area contributed by atoms with Crippen LogP contribution < -0.4 is 0 Å². The van der Waals surface area contributed by atoms with Crippen LogP contribution in [-0.4, -0.2) is 10.8 Å². The van der Waals surface area contributed by atoms with Gasteiger partial charge in [0.05, 0.1) is 0 Å². The zero-order chi connectivity index (χ0) is 13.8. The first-order valence-corrected chi connectivity index (χ1v) is 7.33.